The van der Waals surface area contributed by atoms with Crippen LogP contribution >= 0.6 is 11.6 Å². The molecule has 2 aromatic carbocycles. The molecule has 0 aliphatic carbocycles. The summed E-state index contributed by atoms with van der Waals surface area (Å²) in [5.74, 6) is 0.879. The molecule has 0 spiro atoms. The van der Waals surface area contributed by atoms with Crippen molar-refractivity contribution < 1.29 is 4.39 Å². The summed E-state index contributed by atoms with van der Waals surface area (Å²) >= 11 is 5.87. The van der Waals surface area contributed by atoms with Crippen LogP contribution in [0.3, 0.4) is 0 Å². The van der Waals surface area contributed by atoms with Crippen molar-refractivity contribution in [2.24, 2.45) is 0 Å². The molecule has 0 fully saturated rings. The molecule has 0 atom stereocenters. The summed E-state index contributed by atoms with van der Waals surface area (Å²) < 4.78 is 13.4. The third-order valence-electron chi connectivity index (χ3n) is 3.00. The maximum absolute atomic E-state index is 13.4. The van der Waals surface area contributed by atoms with Gasteiger partial charge in [-0.15, -0.1) is 0 Å². The molecule has 0 bridgehead atoms. The number of anilines is 1. The first-order valence-electron chi connectivity index (χ1n) is 6.08. The molecule has 0 amide bonds. The van der Waals surface area contributed by atoms with E-state index in [1.54, 1.807) is 25.2 Å². The Kier molecular flexibility index (Phi) is 3.24. The Balaban J connectivity index is 2.23. The van der Waals surface area contributed by atoms with Gasteiger partial charge in [-0.05, 0) is 36.4 Å². The van der Waals surface area contributed by atoms with E-state index in [-0.39, 0.29) is 5.82 Å². The van der Waals surface area contributed by atoms with Gasteiger partial charge in [0.1, 0.15) is 11.6 Å². The van der Waals surface area contributed by atoms with Gasteiger partial charge in [0, 0.05) is 29.1 Å². The molecule has 100 valence electrons. The van der Waals surface area contributed by atoms with Crippen molar-refractivity contribution >= 4 is 28.3 Å². The molecule has 0 saturated carbocycles. The van der Waals surface area contributed by atoms with E-state index in [1.807, 2.05) is 12.1 Å². The van der Waals surface area contributed by atoms with E-state index in [2.05, 4.69) is 15.3 Å². The molecule has 1 N–H and O–H groups in total. The minimum Gasteiger partial charge on any atom is -0.373 e. The van der Waals surface area contributed by atoms with Crippen molar-refractivity contribution in [3.05, 3.63) is 53.3 Å². The highest BCUT2D eigenvalue weighted by Crippen LogP contribution is 2.26. The zero-order chi connectivity index (χ0) is 14.1. The van der Waals surface area contributed by atoms with E-state index in [4.69, 9.17) is 11.6 Å². The number of nitrogens with one attached hydrogen (secondary N) is 1. The van der Waals surface area contributed by atoms with Crippen LogP contribution in [0, 0.1) is 5.82 Å². The maximum atomic E-state index is 13.4. The highest BCUT2D eigenvalue weighted by Gasteiger charge is 2.09. The van der Waals surface area contributed by atoms with E-state index >= 15 is 0 Å². The molecule has 0 radical (unpaired) electrons. The summed E-state index contributed by atoms with van der Waals surface area (Å²) in [6.07, 6.45) is 0. The summed E-state index contributed by atoms with van der Waals surface area (Å²) in [4.78, 5) is 8.87. The largest absolute Gasteiger partial charge is 0.373 e. The first-order valence-corrected chi connectivity index (χ1v) is 6.46. The molecule has 0 saturated heterocycles. The second-order valence-electron chi connectivity index (χ2n) is 4.31. The molecule has 1 heterocycles. The lowest BCUT2D eigenvalue weighted by atomic mass is 10.2. The average Bonchev–Trinajstić information content (AvgIpc) is 2.46. The second kappa shape index (κ2) is 5.06. The van der Waals surface area contributed by atoms with Gasteiger partial charge < -0.3 is 5.32 Å². The van der Waals surface area contributed by atoms with Crippen LogP contribution in [0.4, 0.5) is 10.2 Å². The van der Waals surface area contributed by atoms with E-state index in [9.17, 15) is 4.39 Å². The zero-order valence-corrected chi connectivity index (χ0v) is 11.4. The Bertz CT molecular complexity index is 772. The van der Waals surface area contributed by atoms with Crippen molar-refractivity contribution in [3.63, 3.8) is 0 Å². The number of aromatic nitrogens is 2. The smallest absolute Gasteiger partial charge is 0.162 e. The van der Waals surface area contributed by atoms with Crippen molar-refractivity contribution in [3.8, 4) is 11.4 Å². The van der Waals surface area contributed by atoms with E-state index < -0.39 is 0 Å². The third-order valence-corrected chi connectivity index (χ3v) is 3.25. The van der Waals surface area contributed by atoms with Crippen LogP contribution in [-0.4, -0.2) is 17.0 Å². The van der Waals surface area contributed by atoms with Gasteiger partial charge in [0.15, 0.2) is 5.82 Å². The van der Waals surface area contributed by atoms with Crippen LogP contribution in [0.5, 0.6) is 0 Å². The normalized spacial score (nSPS) is 10.8. The van der Waals surface area contributed by atoms with Crippen LogP contribution in [0.2, 0.25) is 5.02 Å². The fourth-order valence-electron chi connectivity index (χ4n) is 2.02. The summed E-state index contributed by atoms with van der Waals surface area (Å²) in [5, 5.41) is 4.44. The topological polar surface area (TPSA) is 37.8 Å². The lowest BCUT2D eigenvalue weighted by Crippen LogP contribution is -1.99. The minimum absolute atomic E-state index is 0.319. The Hall–Kier alpha value is -2.20. The first kappa shape index (κ1) is 12.8. The van der Waals surface area contributed by atoms with Gasteiger partial charge in [-0.25, -0.2) is 14.4 Å². The maximum Gasteiger partial charge on any atom is 0.162 e. The van der Waals surface area contributed by atoms with Crippen LogP contribution < -0.4 is 5.32 Å². The monoisotopic (exact) mass is 287 g/mol. The lowest BCUT2D eigenvalue weighted by Gasteiger charge is -2.08. The van der Waals surface area contributed by atoms with Gasteiger partial charge in [-0.3, -0.25) is 0 Å². The molecule has 20 heavy (non-hydrogen) atoms. The average molecular weight is 288 g/mol. The summed E-state index contributed by atoms with van der Waals surface area (Å²) in [6, 6.07) is 11.7. The Morgan fingerprint density at radius 2 is 1.80 bits per heavy atom. The van der Waals surface area contributed by atoms with Gasteiger partial charge in [0.25, 0.3) is 0 Å². The number of fused-ring (bicyclic) bond motifs is 1. The molecule has 3 nitrogen and oxygen atoms in total. The van der Waals surface area contributed by atoms with Gasteiger partial charge in [-0.2, -0.15) is 0 Å². The Morgan fingerprint density at radius 3 is 2.50 bits per heavy atom. The number of benzene rings is 2. The quantitative estimate of drug-likeness (QED) is 0.770. The molecule has 1 aromatic heterocycles. The predicted octanol–water partition coefficient (Wildman–Crippen LogP) is 4.13. The van der Waals surface area contributed by atoms with Crippen LogP contribution in [0.25, 0.3) is 22.3 Å². The molecule has 3 aromatic rings. The zero-order valence-electron chi connectivity index (χ0n) is 10.7. The number of halogens is 2. The van der Waals surface area contributed by atoms with Gasteiger partial charge in [-0.1, -0.05) is 11.6 Å². The molecular weight excluding hydrogens is 277 g/mol. The van der Waals surface area contributed by atoms with E-state index in [0.29, 0.717) is 22.2 Å². The number of nitrogens with zero attached hydrogens (tertiary/aromatic N) is 2. The molecule has 0 aliphatic heterocycles. The predicted molar refractivity (Wildman–Crippen MR) is 79.5 cm³/mol. The van der Waals surface area contributed by atoms with Crippen LogP contribution in [-0.2, 0) is 0 Å². The Morgan fingerprint density at radius 1 is 1.05 bits per heavy atom. The van der Waals surface area contributed by atoms with Gasteiger partial charge >= 0.3 is 0 Å². The summed E-state index contributed by atoms with van der Waals surface area (Å²) in [7, 11) is 1.77. The number of hydrogen-bond donors (Lipinski definition) is 1. The number of hydrogen-bond acceptors (Lipinski definition) is 3. The van der Waals surface area contributed by atoms with Crippen LogP contribution in [0.1, 0.15) is 0 Å². The first-order chi connectivity index (χ1) is 9.67. The molecule has 0 aliphatic rings. The fraction of sp³-hybridized carbons (Fsp3) is 0.0667. The van der Waals surface area contributed by atoms with Crippen molar-refractivity contribution in [2.75, 3.05) is 12.4 Å². The van der Waals surface area contributed by atoms with Crippen LogP contribution in [0.15, 0.2) is 42.5 Å². The van der Waals surface area contributed by atoms with E-state index in [0.717, 1.165) is 10.9 Å². The molecule has 0 unspecified atom stereocenters. The van der Waals surface area contributed by atoms with Crippen molar-refractivity contribution in [1.82, 2.24) is 9.97 Å². The minimum atomic E-state index is -0.319. The van der Waals surface area contributed by atoms with Crippen molar-refractivity contribution in [2.45, 2.75) is 0 Å². The summed E-state index contributed by atoms with van der Waals surface area (Å²) in [5.41, 5.74) is 1.39. The highest BCUT2D eigenvalue weighted by atomic mass is 35.5. The standard InChI is InChI=1S/C15H11ClFN3/c1-18-15-12-7-6-11(17)8-13(12)19-14(20-15)9-2-4-10(16)5-3-9/h2-8H,1H3,(H,18,19,20). The highest BCUT2D eigenvalue weighted by molar-refractivity contribution is 6.30. The fourth-order valence-corrected chi connectivity index (χ4v) is 2.15. The van der Waals surface area contributed by atoms with Crippen molar-refractivity contribution in [1.29, 1.82) is 0 Å². The number of rotatable bonds is 2. The molecular formula is C15H11ClFN3. The third kappa shape index (κ3) is 2.30. The Labute approximate surface area is 120 Å². The molecule has 3 rings (SSSR count). The SMILES string of the molecule is CNc1nc(-c2ccc(Cl)cc2)nc2cc(F)ccc12. The van der Waals surface area contributed by atoms with E-state index in [1.165, 1.54) is 12.1 Å². The van der Waals surface area contributed by atoms with Gasteiger partial charge in [0.2, 0.25) is 0 Å². The second-order valence-corrected chi connectivity index (χ2v) is 4.75. The lowest BCUT2D eigenvalue weighted by molar-refractivity contribution is 0.629. The summed E-state index contributed by atoms with van der Waals surface area (Å²) in [6.45, 7) is 0. The molecule has 5 heteroatoms. The van der Waals surface area contributed by atoms with Gasteiger partial charge in [0.05, 0.1) is 5.52 Å².